The first kappa shape index (κ1) is 20.1. The molecule has 1 aliphatic heterocycles. The highest BCUT2D eigenvalue weighted by atomic mass is 16.5. The Morgan fingerprint density at radius 1 is 0.963 bits per heavy atom. The average molecular weight is 371 g/mol. The van der Waals surface area contributed by atoms with Crippen molar-refractivity contribution in [3.63, 3.8) is 0 Å². The quantitative estimate of drug-likeness (QED) is 0.396. The van der Waals surface area contributed by atoms with Gasteiger partial charge in [-0.05, 0) is 43.2 Å². The van der Waals surface area contributed by atoms with Crippen molar-refractivity contribution in [1.82, 2.24) is 4.90 Å². The molecule has 7 nitrogen and oxygen atoms in total. The Kier molecular flexibility index (Phi) is 6.28. The number of rotatable bonds is 8. The SMILES string of the molecule is C=C(C)COC(=O)CCN1C(=O)c2ccc(C(=O)OCC(=C)C)cc2C1=O. The number of ether oxygens (including phenoxy) is 2. The van der Waals surface area contributed by atoms with Crippen molar-refractivity contribution >= 4 is 23.8 Å². The number of benzene rings is 1. The van der Waals surface area contributed by atoms with Crippen LogP contribution in [0.5, 0.6) is 0 Å². The highest BCUT2D eigenvalue weighted by molar-refractivity contribution is 6.22. The van der Waals surface area contributed by atoms with Crippen LogP contribution in [0.25, 0.3) is 0 Å². The van der Waals surface area contributed by atoms with Crippen LogP contribution in [0, 0.1) is 0 Å². The van der Waals surface area contributed by atoms with E-state index in [1.165, 1.54) is 18.2 Å². The normalized spacial score (nSPS) is 12.6. The lowest BCUT2D eigenvalue weighted by molar-refractivity contribution is -0.142. The summed E-state index contributed by atoms with van der Waals surface area (Å²) in [5, 5.41) is 0. The second kappa shape index (κ2) is 8.44. The van der Waals surface area contributed by atoms with E-state index in [1.807, 2.05) is 0 Å². The van der Waals surface area contributed by atoms with E-state index in [2.05, 4.69) is 13.2 Å². The van der Waals surface area contributed by atoms with E-state index in [0.717, 1.165) is 4.90 Å². The number of amides is 2. The predicted molar refractivity (Wildman–Crippen MR) is 97.3 cm³/mol. The number of imide groups is 1. The summed E-state index contributed by atoms with van der Waals surface area (Å²) in [6, 6.07) is 4.16. The second-order valence-corrected chi connectivity index (χ2v) is 6.42. The molecule has 0 atom stereocenters. The zero-order valence-corrected chi connectivity index (χ0v) is 15.4. The van der Waals surface area contributed by atoms with E-state index in [1.54, 1.807) is 13.8 Å². The third-order valence-corrected chi connectivity index (χ3v) is 3.68. The van der Waals surface area contributed by atoms with Gasteiger partial charge in [0, 0.05) is 6.54 Å². The Morgan fingerprint density at radius 2 is 1.56 bits per heavy atom. The minimum absolute atomic E-state index is 0.0706. The summed E-state index contributed by atoms with van der Waals surface area (Å²) in [6.07, 6.45) is -0.119. The van der Waals surface area contributed by atoms with Crippen LogP contribution < -0.4 is 0 Å². The molecule has 2 rings (SSSR count). The van der Waals surface area contributed by atoms with Gasteiger partial charge in [-0.15, -0.1) is 0 Å². The van der Waals surface area contributed by atoms with E-state index in [9.17, 15) is 19.2 Å². The van der Waals surface area contributed by atoms with Crippen molar-refractivity contribution in [1.29, 1.82) is 0 Å². The number of hydrogen-bond acceptors (Lipinski definition) is 6. The molecule has 7 heteroatoms. The van der Waals surface area contributed by atoms with Crippen LogP contribution in [0.3, 0.4) is 0 Å². The highest BCUT2D eigenvalue weighted by Crippen LogP contribution is 2.24. The van der Waals surface area contributed by atoms with Crippen molar-refractivity contribution in [2.24, 2.45) is 0 Å². The molecule has 0 saturated heterocycles. The Balaban J connectivity index is 2.06. The van der Waals surface area contributed by atoms with E-state index in [-0.39, 0.29) is 42.9 Å². The van der Waals surface area contributed by atoms with Crippen LogP contribution in [0.2, 0.25) is 0 Å². The fraction of sp³-hybridized carbons (Fsp3) is 0.300. The van der Waals surface area contributed by atoms with Gasteiger partial charge in [0.15, 0.2) is 0 Å². The van der Waals surface area contributed by atoms with Crippen LogP contribution in [-0.2, 0) is 14.3 Å². The van der Waals surface area contributed by atoms with Gasteiger partial charge in [0.25, 0.3) is 11.8 Å². The minimum atomic E-state index is -0.608. The number of nitrogens with zero attached hydrogens (tertiary/aromatic N) is 1. The summed E-state index contributed by atoms with van der Waals surface area (Å²) in [5.74, 6) is -2.21. The molecule has 0 fully saturated rings. The van der Waals surface area contributed by atoms with Crippen LogP contribution in [-0.4, -0.2) is 48.4 Å². The van der Waals surface area contributed by atoms with Crippen LogP contribution in [0.4, 0.5) is 0 Å². The zero-order chi connectivity index (χ0) is 20.1. The van der Waals surface area contributed by atoms with Gasteiger partial charge in [0.2, 0.25) is 0 Å². The maximum absolute atomic E-state index is 12.5. The van der Waals surface area contributed by atoms with Crippen LogP contribution >= 0.6 is 0 Å². The Labute approximate surface area is 157 Å². The molecule has 1 aromatic rings. The number of carbonyl (C=O) groups excluding carboxylic acids is 4. The molecule has 0 spiro atoms. The predicted octanol–water partition coefficient (Wildman–Crippen LogP) is 2.52. The summed E-state index contributed by atoms with van der Waals surface area (Å²) in [4.78, 5) is 49.6. The lowest BCUT2D eigenvalue weighted by atomic mass is 10.1. The van der Waals surface area contributed by atoms with Crippen LogP contribution in [0.15, 0.2) is 42.5 Å². The molecule has 1 heterocycles. The molecule has 0 saturated carbocycles. The molecule has 0 unspecified atom stereocenters. The lowest BCUT2D eigenvalue weighted by Gasteiger charge is -2.13. The van der Waals surface area contributed by atoms with E-state index in [0.29, 0.717) is 11.1 Å². The molecule has 2 amide bonds. The summed E-state index contributed by atoms with van der Waals surface area (Å²) in [5.41, 5.74) is 1.83. The minimum Gasteiger partial charge on any atom is -0.461 e. The first-order valence-corrected chi connectivity index (χ1v) is 8.32. The van der Waals surface area contributed by atoms with E-state index < -0.39 is 23.8 Å². The molecule has 0 aromatic heterocycles. The second-order valence-electron chi connectivity index (χ2n) is 6.42. The van der Waals surface area contributed by atoms with Crippen molar-refractivity contribution < 1.29 is 28.7 Å². The molecule has 27 heavy (non-hydrogen) atoms. The van der Waals surface area contributed by atoms with Crippen molar-refractivity contribution in [2.45, 2.75) is 20.3 Å². The average Bonchev–Trinajstić information content (AvgIpc) is 2.86. The maximum Gasteiger partial charge on any atom is 0.338 e. The Morgan fingerprint density at radius 3 is 2.19 bits per heavy atom. The van der Waals surface area contributed by atoms with Gasteiger partial charge in [0.1, 0.15) is 13.2 Å². The molecular weight excluding hydrogens is 350 g/mol. The van der Waals surface area contributed by atoms with E-state index >= 15 is 0 Å². The molecule has 1 aliphatic rings. The van der Waals surface area contributed by atoms with Crippen LogP contribution in [0.1, 0.15) is 51.3 Å². The van der Waals surface area contributed by atoms with Gasteiger partial charge in [-0.2, -0.15) is 0 Å². The van der Waals surface area contributed by atoms with Crippen molar-refractivity contribution in [2.75, 3.05) is 19.8 Å². The van der Waals surface area contributed by atoms with Gasteiger partial charge in [0.05, 0.1) is 23.1 Å². The maximum atomic E-state index is 12.5. The highest BCUT2D eigenvalue weighted by Gasteiger charge is 2.36. The van der Waals surface area contributed by atoms with Gasteiger partial charge in [-0.25, -0.2) is 4.79 Å². The number of hydrogen-bond donors (Lipinski definition) is 0. The van der Waals surface area contributed by atoms with Gasteiger partial charge < -0.3 is 9.47 Å². The largest absolute Gasteiger partial charge is 0.461 e. The summed E-state index contributed by atoms with van der Waals surface area (Å²) < 4.78 is 10.00. The zero-order valence-electron chi connectivity index (χ0n) is 15.4. The third kappa shape index (κ3) is 4.91. The van der Waals surface area contributed by atoms with Gasteiger partial charge >= 0.3 is 11.9 Å². The molecule has 0 bridgehead atoms. The molecule has 0 radical (unpaired) electrons. The summed E-state index contributed by atoms with van der Waals surface area (Å²) in [6.45, 7) is 10.8. The van der Waals surface area contributed by atoms with Crippen molar-refractivity contribution in [3.8, 4) is 0 Å². The van der Waals surface area contributed by atoms with Crippen molar-refractivity contribution in [3.05, 3.63) is 59.2 Å². The Bertz CT molecular complexity index is 839. The molecule has 142 valence electrons. The molecular formula is C20H21NO6. The first-order chi connectivity index (χ1) is 12.7. The third-order valence-electron chi connectivity index (χ3n) is 3.68. The smallest absolute Gasteiger partial charge is 0.338 e. The van der Waals surface area contributed by atoms with Gasteiger partial charge in [-0.1, -0.05) is 13.2 Å². The fourth-order valence-corrected chi connectivity index (χ4v) is 2.37. The number of carbonyl (C=O) groups is 4. The summed E-state index contributed by atoms with van der Waals surface area (Å²) in [7, 11) is 0. The number of fused-ring (bicyclic) bond motifs is 1. The topological polar surface area (TPSA) is 90.0 Å². The molecule has 0 N–H and O–H groups in total. The lowest BCUT2D eigenvalue weighted by Crippen LogP contribution is -2.32. The number of esters is 2. The molecule has 0 aliphatic carbocycles. The monoisotopic (exact) mass is 371 g/mol. The standard InChI is InChI=1S/C20H21NO6/c1-12(2)10-26-17(22)7-8-21-18(23)15-6-5-14(9-16(15)19(21)24)20(25)27-11-13(3)4/h5-6,9H,1,3,7-8,10-11H2,2,4H3. The fourth-order valence-electron chi connectivity index (χ4n) is 2.37. The Hall–Kier alpha value is -3.22. The van der Waals surface area contributed by atoms with Gasteiger partial charge in [-0.3, -0.25) is 19.3 Å². The molecule has 1 aromatic carbocycles. The summed E-state index contributed by atoms with van der Waals surface area (Å²) >= 11 is 0. The van der Waals surface area contributed by atoms with E-state index in [4.69, 9.17) is 9.47 Å². The first-order valence-electron chi connectivity index (χ1n) is 8.32.